The molecule has 0 aliphatic rings. The highest BCUT2D eigenvalue weighted by Gasteiger charge is 2.09. The number of carbonyl (C=O) groups is 1. The van der Waals surface area contributed by atoms with Gasteiger partial charge in [0.1, 0.15) is 0 Å². The fourth-order valence-electron chi connectivity index (χ4n) is 2.51. The van der Waals surface area contributed by atoms with Crippen LogP contribution in [-0.4, -0.2) is 21.9 Å². The molecule has 1 amide bonds. The van der Waals surface area contributed by atoms with E-state index in [1.807, 2.05) is 67.9 Å². The van der Waals surface area contributed by atoms with Gasteiger partial charge in [-0.3, -0.25) is 4.79 Å². The Morgan fingerprint density at radius 2 is 2.09 bits per heavy atom. The van der Waals surface area contributed by atoms with Crippen LogP contribution in [0, 0.1) is 20.8 Å². The van der Waals surface area contributed by atoms with Crippen LogP contribution in [0.4, 0.5) is 5.69 Å². The van der Waals surface area contributed by atoms with E-state index < -0.39 is 0 Å². The van der Waals surface area contributed by atoms with Gasteiger partial charge in [0.25, 0.3) is 5.91 Å². The first-order valence-electron chi connectivity index (χ1n) is 7.47. The first kappa shape index (κ1) is 15.1. The van der Waals surface area contributed by atoms with Crippen LogP contribution in [0.2, 0.25) is 0 Å². The molecular weight excluding hydrogens is 290 g/mol. The third-order valence-electron chi connectivity index (χ3n) is 3.58. The van der Waals surface area contributed by atoms with E-state index in [1.54, 1.807) is 0 Å². The van der Waals surface area contributed by atoms with Crippen molar-refractivity contribution in [3.05, 3.63) is 59.5 Å². The summed E-state index contributed by atoms with van der Waals surface area (Å²) in [6.45, 7) is 5.86. The van der Waals surface area contributed by atoms with Crippen LogP contribution in [0.25, 0.3) is 5.65 Å². The lowest BCUT2D eigenvalue weighted by Gasteiger charge is -2.10. The summed E-state index contributed by atoms with van der Waals surface area (Å²) in [6.07, 6.45) is 3.82. The molecule has 2 heterocycles. The standard InChI is InChI=1S/C18H19N3O2/c1-12-6-7-15(13(2)9-12)20-17(22)11-23-16-5-4-8-21-10-14(3)19-18(16)21/h4-10H,11H2,1-3H3,(H,20,22). The monoisotopic (exact) mass is 309 g/mol. The predicted molar refractivity (Wildman–Crippen MR) is 90.0 cm³/mol. The second-order valence-electron chi connectivity index (χ2n) is 5.64. The molecule has 0 bridgehead atoms. The van der Waals surface area contributed by atoms with Crippen molar-refractivity contribution in [2.24, 2.45) is 0 Å². The number of fused-ring (bicyclic) bond motifs is 1. The van der Waals surface area contributed by atoms with Gasteiger partial charge in [0, 0.05) is 18.1 Å². The largest absolute Gasteiger partial charge is 0.480 e. The number of amides is 1. The normalized spacial score (nSPS) is 10.7. The number of carbonyl (C=O) groups excluding carboxylic acids is 1. The second-order valence-corrected chi connectivity index (χ2v) is 5.64. The summed E-state index contributed by atoms with van der Waals surface area (Å²) in [7, 11) is 0. The van der Waals surface area contributed by atoms with Gasteiger partial charge in [0.05, 0.1) is 5.69 Å². The molecule has 0 atom stereocenters. The summed E-state index contributed by atoms with van der Waals surface area (Å²) in [5, 5.41) is 2.87. The van der Waals surface area contributed by atoms with Gasteiger partial charge in [-0.1, -0.05) is 17.7 Å². The molecule has 0 fully saturated rings. The van der Waals surface area contributed by atoms with Gasteiger partial charge in [0.15, 0.2) is 18.0 Å². The minimum Gasteiger partial charge on any atom is -0.480 e. The fraction of sp³-hybridized carbons (Fsp3) is 0.222. The van der Waals surface area contributed by atoms with Gasteiger partial charge < -0.3 is 14.5 Å². The Kier molecular flexibility index (Phi) is 4.02. The van der Waals surface area contributed by atoms with Gasteiger partial charge in [-0.15, -0.1) is 0 Å². The summed E-state index contributed by atoms with van der Waals surface area (Å²) in [5.74, 6) is 0.401. The Morgan fingerprint density at radius 3 is 2.87 bits per heavy atom. The van der Waals surface area contributed by atoms with Crippen LogP contribution in [0.3, 0.4) is 0 Å². The van der Waals surface area contributed by atoms with E-state index in [-0.39, 0.29) is 12.5 Å². The molecule has 0 radical (unpaired) electrons. The third-order valence-corrected chi connectivity index (χ3v) is 3.58. The summed E-state index contributed by atoms with van der Waals surface area (Å²) in [5.41, 5.74) is 4.62. The Hall–Kier alpha value is -2.82. The van der Waals surface area contributed by atoms with Crippen LogP contribution in [0.1, 0.15) is 16.8 Å². The van der Waals surface area contributed by atoms with E-state index in [9.17, 15) is 4.79 Å². The zero-order valence-corrected chi connectivity index (χ0v) is 13.5. The van der Waals surface area contributed by atoms with Crippen LogP contribution >= 0.6 is 0 Å². The van der Waals surface area contributed by atoms with Crippen molar-refractivity contribution in [1.29, 1.82) is 0 Å². The lowest BCUT2D eigenvalue weighted by Crippen LogP contribution is -2.20. The summed E-state index contributed by atoms with van der Waals surface area (Å²) in [6, 6.07) is 9.58. The van der Waals surface area contributed by atoms with Crippen LogP contribution in [0.5, 0.6) is 5.75 Å². The topological polar surface area (TPSA) is 55.6 Å². The Balaban J connectivity index is 1.68. The summed E-state index contributed by atoms with van der Waals surface area (Å²) < 4.78 is 7.52. The van der Waals surface area contributed by atoms with E-state index in [0.29, 0.717) is 11.4 Å². The fourth-order valence-corrected chi connectivity index (χ4v) is 2.51. The average Bonchev–Trinajstić information content (AvgIpc) is 2.88. The Labute approximate surface area is 134 Å². The minimum atomic E-state index is -0.192. The first-order valence-corrected chi connectivity index (χ1v) is 7.47. The lowest BCUT2D eigenvalue weighted by molar-refractivity contribution is -0.118. The van der Waals surface area contributed by atoms with Crippen LogP contribution < -0.4 is 10.1 Å². The number of hydrogen-bond acceptors (Lipinski definition) is 3. The van der Waals surface area contributed by atoms with E-state index >= 15 is 0 Å². The number of ether oxygens (including phenoxy) is 1. The van der Waals surface area contributed by atoms with Crippen molar-refractivity contribution in [2.45, 2.75) is 20.8 Å². The molecule has 2 aromatic heterocycles. The second kappa shape index (κ2) is 6.12. The molecule has 0 saturated heterocycles. The summed E-state index contributed by atoms with van der Waals surface area (Å²) >= 11 is 0. The highest BCUT2D eigenvalue weighted by molar-refractivity contribution is 5.92. The summed E-state index contributed by atoms with van der Waals surface area (Å²) in [4.78, 5) is 16.5. The minimum absolute atomic E-state index is 0.0566. The number of pyridine rings is 1. The van der Waals surface area contributed by atoms with Crippen molar-refractivity contribution in [2.75, 3.05) is 11.9 Å². The number of aromatic nitrogens is 2. The number of rotatable bonds is 4. The highest BCUT2D eigenvalue weighted by atomic mass is 16.5. The van der Waals surface area contributed by atoms with Gasteiger partial charge in [-0.2, -0.15) is 0 Å². The number of imidazole rings is 1. The van der Waals surface area contributed by atoms with Crippen LogP contribution in [0.15, 0.2) is 42.7 Å². The third kappa shape index (κ3) is 3.34. The number of nitrogens with zero attached hydrogens (tertiary/aromatic N) is 2. The molecule has 0 unspecified atom stereocenters. The maximum atomic E-state index is 12.1. The number of hydrogen-bond donors (Lipinski definition) is 1. The molecule has 0 spiro atoms. The lowest BCUT2D eigenvalue weighted by atomic mass is 10.1. The van der Waals surface area contributed by atoms with E-state index in [4.69, 9.17) is 4.74 Å². The molecule has 1 N–H and O–H groups in total. The molecule has 0 aliphatic heterocycles. The zero-order chi connectivity index (χ0) is 16.4. The maximum absolute atomic E-state index is 12.1. The van der Waals surface area contributed by atoms with Crippen molar-refractivity contribution in [1.82, 2.24) is 9.38 Å². The molecule has 5 nitrogen and oxygen atoms in total. The molecule has 5 heteroatoms. The quantitative estimate of drug-likeness (QED) is 0.804. The number of anilines is 1. The van der Waals surface area contributed by atoms with Gasteiger partial charge in [-0.05, 0) is 44.5 Å². The molecular formula is C18H19N3O2. The van der Waals surface area contributed by atoms with E-state index in [0.717, 1.165) is 22.5 Å². The van der Waals surface area contributed by atoms with Crippen molar-refractivity contribution >= 4 is 17.2 Å². The number of nitrogens with one attached hydrogen (secondary N) is 1. The number of aryl methyl sites for hydroxylation is 3. The Bertz CT molecular complexity index is 868. The molecule has 23 heavy (non-hydrogen) atoms. The van der Waals surface area contributed by atoms with Crippen molar-refractivity contribution < 1.29 is 9.53 Å². The molecule has 118 valence electrons. The molecule has 3 aromatic rings. The average molecular weight is 309 g/mol. The van der Waals surface area contributed by atoms with Crippen molar-refractivity contribution in [3.8, 4) is 5.75 Å². The van der Waals surface area contributed by atoms with E-state index in [1.165, 1.54) is 0 Å². The van der Waals surface area contributed by atoms with Gasteiger partial charge in [0.2, 0.25) is 0 Å². The predicted octanol–water partition coefficient (Wildman–Crippen LogP) is 3.28. The SMILES string of the molecule is Cc1ccc(NC(=O)COc2cccn3cc(C)nc23)c(C)c1. The van der Waals surface area contributed by atoms with Crippen molar-refractivity contribution in [3.63, 3.8) is 0 Å². The molecule has 3 rings (SSSR count). The molecule has 1 aromatic carbocycles. The maximum Gasteiger partial charge on any atom is 0.262 e. The highest BCUT2D eigenvalue weighted by Crippen LogP contribution is 2.19. The van der Waals surface area contributed by atoms with E-state index in [2.05, 4.69) is 10.3 Å². The number of benzene rings is 1. The van der Waals surface area contributed by atoms with Gasteiger partial charge >= 0.3 is 0 Å². The first-order chi connectivity index (χ1) is 11.0. The smallest absolute Gasteiger partial charge is 0.262 e. The molecule has 0 aliphatic carbocycles. The zero-order valence-electron chi connectivity index (χ0n) is 13.5. The van der Waals surface area contributed by atoms with Crippen LogP contribution in [-0.2, 0) is 4.79 Å². The molecule has 0 saturated carbocycles. The van der Waals surface area contributed by atoms with Gasteiger partial charge in [-0.25, -0.2) is 4.98 Å². The Morgan fingerprint density at radius 1 is 1.26 bits per heavy atom.